The van der Waals surface area contributed by atoms with E-state index in [1.165, 1.54) is 41.9 Å². The Labute approximate surface area is 196 Å². The number of thioether (sulfide) groups is 2. The van der Waals surface area contributed by atoms with Gasteiger partial charge in [-0.1, -0.05) is 18.2 Å². The fraction of sp³-hybridized carbons (Fsp3) is 0.520. The lowest BCUT2D eigenvalue weighted by molar-refractivity contribution is 0.327. The van der Waals surface area contributed by atoms with Crippen molar-refractivity contribution in [3.8, 4) is 17.2 Å². The van der Waals surface area contributed by atoms with Gasteiger partial charge in [0.15, 0.2) is 11.5 Å². The minimum atomic E-state index is 0.150. The molecule has 1 aliphatic rings. The molecule has 6 heteroatoms. The molecule has 0 spiro atoms. The van der Waals surface area contributed by atoms with Crippen molar-refractivity contribution in [2.24, 2.45) is 0 Å². The van der Waals surface area contributed by atoms with E-state index in [4.69, 9.17) is 14.2 Å². The van der Waals surface area contributed by atoms with E-state index in [1.54, 1.807) is 21.3 Å². The van der Waals surface area contributed by atoms with Crippen LogP contribution in [0.5, 0.6) is 17.2 Å². The number of hydrogen-bond donors (Lipinski definition) is 0. The summed E-state index contributed by atoms with van der Waals surface area (Å²) in [4.78, 5) is 2.44. The quantitative estimate of drug-likeness (QED) is 0.427. The van der Waals surface area contributed by atoms with Crippen molar-refractivity contribution in [1.29, 1.82) is 0 Å². The maximum absolute atomic E-state index is 5.49. The molecule has 0 radical (unpaired) electrons. The molecule has 3 rings (SSSR count). The molecular formula is C25H35NO3S2. The number of benzene rings is 2. The Kier molecular flexibility index (Phi) is 9.30. The van der Waals surface area contributed by atoms with Crippen LogP contribution in [0.3, 0.4) is 0 Å². The normalized spacial score (nSPS) is 15.6. The minimum absolute atomic E-state index is 0.150. The molecule has 1 aliphatic heterocycles. The molecule has 2 aromatic carbocycles. The fourth-order valence-electron chi connectivity index (χ4n) is 3.94. The fourth-order valence-corrected chi connectivity index (χ4v) is 7.36. The summed E-state index contributed by atoms with van der Waals surface area (Å²) in [5.41, 5.74) is 2.67. The van der Waals surface area contributed by atoms with Crippen LogP contribution in [-0.2, 0) is 10.5 Å². The predicted molar refractivity (Wildman–Crippen MR) is 134 cm³/mol. The van der Waals surface area contributed by atoms with Gasteiger partial charge in [-0.25, -0.2) is 0 Å². The van der Waals surface area contributed by atoms with E-state index in [-0.39, 0.29) is 4.08 Å². The van der Waals surface area contributed by atoms with Gasteiger partial charge in [-0.15, -0.1) is 23.5 Å². The molecule has 0 amide bonds. The van der Waals surface area contributed by atoms with E-state index in [0.29, 0.717) is 0 Å². The topological polar surface area (TPSA) is 30.9 Å². The third kappa shape index (κ3) is 6.50. The third-order valence-electron chi connectivity index (χ3n) is 5.74. The van der Waals surface area contributed by atoms with Crippen LogP contribution in [0.2, 0.25) is 0 Å². The Morgan fingerprint density at radius 3 is 2.39 bits per heavy atom. The van der Waals surface area contributed by atoms with E-state index < -0.39 is 0 Å². The van der Waals surface area contributed by atoms with Crippen LogP contribution in [-0.4, -0.2) is 57.9 Å². The zero-order valence-electron chi connectivity index (χ0n) is 19.2. The molecule has 1 saturated heterocycles. The lowest BCUT2D eigenvalue weighted by Crippen LogP contribution is -2.27. The number of methoxy groups -OCH3 is 3. The Morgan fingerprint density at radius 1 is 0.903 bits per heavy atom. The summed E-state index contributed by atoms with van der Waals surface area (Å²) < 4.78 is 16.4. The van der Waals surface area contributed by atoms with E-state index >= 15 is 0 Å². The van der Waals surface area contributed by atoms with Crippen molar-refractivity contribution in [2.45, 2.75) is 29.8 Å². The van der Waals surface area contributed by atoms with Gasteiger partial charge in [0.25, 0.3) is 0 Å². The van der Waals surface area contributed by atoms with Gasteiger partial charge in [-0.3, -0.25) is 0 Å². The highest BCUT2D eigenvalue weighted by Gasteiger charge is 2.35. The molecule has 1 heterocycles. The van der Waals surface area contributed by atoms with E-state index in [2.05, 4.69) is 65.8 Å². The number of rotatable bonds is 11. The predicted octanol–water partition coefficient (Wildman–Crippen LogP) is 5.69. The van der Waals surface area contributed by atoms with Crippen molar-refractivity contribution in [2.75, 3.05) is 53.0 Å². The molecule has 0 atom stereocenters. The lowest BCUT2D eigenvalue weighted by atomic mass is 10.1. The van der Waals surface area contributed by atoms with Crippen molar-refractivity contribution < 1.29 is 14.2 Å². The Hall–Kier alpha value is -1.50. The number of ether oxygens (including phenoxy) is 3. The summed E-state index contributed by atoms with van der Waals surface area (Å²) in [5, 5.41) is 0. The maximum Gasteiger partial charge on any atom is 0.160 e. The molecule has 4 nitrogen and oxygen atoms in total. The molecule has 0 N–H and O–H groups in total. The molecule has 0 unspecified atom stereocenters. The highest BCUT2D eigenvalue weighted by atomic mass is 32.2. The standard InChI is InChI=1S/C25H35NO3S2/c1-26(15-12-20-10-11-23(28-3)24(18-20)29-4)14-6-13-25(30-16-7-17-31-25)21-8-5-9-22(19-21)27-2/h5,8-11,18-19H,6-7,12-17H2,1-4H3. The van der Waals surface area contributed by atoms with E-state index in [9.17, 15) is 0 Å². The average Bonchev–Trinajstić information content (AvgIpc) is 2.83. The first-order valence-corrected chi connectivity index (χ1v) is 12.9. The Balaban J connectivity index is 1.54. The minimum Gasteiger partial charge on any atom is -0.497 e. The molecule has 170 valence electrons. The molecule has 0 aliphatic carbocycles. The summed E-state index contributed by atoms with van der Waals surface area (Å²) in [7, 11) is 7.33. The summed E-state index contributed by atoms with van der Waals surface area (Å²) in [6.45, 7) is 2.13. The summed E-state index contributed by atoms with van der Waals surface area (Å²) in [6, 6.07) is 14.9. The summed E-state index contributed by atoms with van der Waals surface area (Å²) >= 11 is 4.23. The van der Waals surface area contributed by atoms with Gasteiger partial charge in [0.2, 0.25) is 0 Å². The van der Waals surface area contributed by atoms with E-state index in [0.717, 1.165) is 36.8 Å². The number of hydrogen-bond acceptors (Lipinski definition) is 6. The summed E-state index contributed by atoms with van der Waals surface area (Å²) in [6.07, 6.45) is 4.66. The first kappa shape index (κ1) is 24.1. The Morgan fingerprint density at radius 2 is 1.68 bits per heavy atom. The SMILES string of the molecule is COc1cccc(C2(CCCN(C)CCc3ccc(OC)c(OC)c3)SCCCS2)c1. The molecule has 31 heavy (non-hydrogen) atoms. The van der Waals surface area contributed by atoms with Crippen molar-refractivity contribution in [3.63, 3.8) is 0 Å². The van der Waals surface area contributed by atoms with Gasteiger partial charge in [0, 0.05) is 6.54 Å². The molecular weight excluding hydrogens is 426 g/mol. The highest BCUT2D eigenvalue weighted by Crippen LogP contribution is 2.53. The van der Waals surface area contributed by atoms with Crippen LogP contribution >= 0.6 is 23.5 Å². The van der Waals surface area contributed by atoms with Crippen LogP contribution in [0.25, 0.3) is 0 Å². The van der Waals surface area contributed by atoms with Gasteiger partial charge in [0.1, 0.15) is 5.75 Å². The van der Waals surface area contributed by atoms with Crippen LogP contribution in [0.1, 0.15) is 30.4 Å². The van der Waals surface area contributed by atoms with Crippen LogP contribution in [0.15, 0.2) is 42.5 Å². The first-order valence-electron chi connectivity index (χ1n) is 10.9. The monoisotopic (exact) mass is 461 g/mol. The molecule has 0 aromatic heterocycles. The molecule has 0 saturated carbocycles. The second-order valence-electron chi connectivity index (χ2n) is 7.88. The Bertz CT molecular complexity index is 824. The van der Waals surface area contributed by atoms with Gasteiger partial charge in [0.05, 0.1) is 25.4 Å². The van der Waals surface area contributed by atoms with Crippen molar-refractivity contribution in [1.82, 2.24) is 4.90 Å². The maximum atomic E-state index is 5.49. The second-order valence-corrected chi connectivity index (χ2v) is 10.9. The van der Waals surface area contributed by atoms with Crippen molar-refractivity contribution in [3.05, 3.63) is 53.6 Å². The third-order valence-corrected chi connectivity index (χ3v) is 9.25. The number of likely N-dealkylation sites (N-methyl/N-ethyl adjacent to an activating group) is 1. The summed E-state index contributed by atoms with van der Waals surface area (Å²) in [5.74, 6) is 5.01. The average molecular weight is 462 g/mol. The zero-order valence-corrected chi connectivity index (χ0v) is 20.8. The van der Waals surface area contributed by atoms with Gasteiger partial charge < -0.3 is 19.1 Å². The van der Waals surface area contributed by atoms with Gasteiger partial charge >= 0.3 is 0 Å². The van der Waals surface area contributed by atoms with Gasteiger partial charge in [-0.2, -0.15) is 0 Å². The lowest BCUT2D eigenvalue weighted by Gasteiger charge is -2.37. The number of nitrogens with zero attached hydrogens (tertiary/aromatic N) is 1. The van der Waals surface area contributed by atoms with E-state index in [1.807, 2.05) is 12.1 Å². The smallest absolute Gasteiger partial charge is 0.160 e. The largest absolute Gasteiger partial charge is 0.497 e. The molecule has 0 bridgehead atoms. The highest BCUT2D eigenvalue weighted by molar-refractivity contribution is 8.18. The van der Waals surface area contributed by atoms with Crippen LogP contribution in [0.4, 0.5) is 0 Å². The van der Waals surface area contributed by atoms with Crippen molar-refractivity contribution >= 4 is 23.5 Å². The van der Waals surface area contributed by atoms with Crippen LogP contribution < -0.4 is 14.2 Å². The first-order chi connectivity index (χ1) is 15.1. The molecule has 1 fully saturated rings. The molecule has 2 aromatic rings. The van der Waals surface area contributed by atoms with Gasteiger partial charge in [-0.05, 0) is 86.2 Å². The second kappa shape index (κ2) is 11.9. The van der Waals surface area contributed by atoms with Crippen LogP contribution in [0, 0.1) is 0 Å². The zero-order chi connectivity index (χ0) is 22.1.